The SMILES string of the molecule is Cc1cccc(Cn2nnc(-c3cccc(CS(=O)(=O)/C=C/c4cccc(F)c4)c3)n2)c1. The molecule has 1 heterocycles. The van der Waals surface area contributed by atoms with Crippen LogP contribution in [0.15, 0.2) is 78.2 Å². The summed E-state index contributed by atoms with van der Waals surface area (Å²) < 4.78 is 38.3. The first-order valence-corrected chi connectivity index (χ1v) is 11.7. The second kappa shape index (κ2) is 9.23. The van der Waals surface area contributed by atoms with Crippen molar-refractivity contribution in [3.05, 3.63) is 106 Å². The molecular formula is C24H21FN4O2S. The zero-order valence-corrected chi connectivity index (χ0v) is 18.2. The van der Waals surface area contributed by atoms with E-state index in [4.69, 9.17) is 0 Å². The highest BCUT2D eigenvalue weighted by Gasteiger charge is 2.12. The van der Waals surface area contributed by atoms with Gasteiger partial charge >= 0.3 is 0 Å². The summed E-state index contributed by atoms with van der Waals surface area (Å²) in [5.41, 5.74) is 3.99. The Morgan fingerprint density at radius 3 is 2.56 bits per heavy atom. The van der Waals surface area contributed by atoms with Gasteiger partial charge in [-0.3, -0.25) is 0 Å². The molecule has 0 radical (unpaired) electrons. The predicted octanol–water partition coefficient (Wildman–Crippen LogP) is 4.42. The zero-order valence-electron chi connectivity index (χ0n) is 17.4. The largest absolute Gasteiger partial charge is 0.224 e. The average Bonchev–Trinajstić information content (AvgIpc) is 3.21. The van der Waals surface area contributed by atoms with Gasteiger partial charge in [0.2, 0.25) is 5.82 Å². The molecule has 8 heteroatoms. The van der Waals surface area contributed by atoms with E-state index in [2.05, 4.69) is 21.5 Å². The van der Waals surface area contributed by atoms with Gasteiger partial charge in [0.25, 0.3) is 0 Å². The van der Waals surface area contributed by atoms with Crippen LogP contribution in [0.3, 0.4) is 0 Å². The van der Waals surface area contributed by atoms with Gasteiger partial charge in [-0.05, 0) is 53.1 Å². The van der Waals surface area contributed by atoms with Crippen molar-refractivity contribution in [1.29, 1.82) is 0 Å². The highest BCUT2D eigenvalue weighted by Crippen LogP contribution is 2.18. The molecule has 0 unspecified atom stereocenters. The van der Waals surface area contributed by atoms with Gasteiger partial charge in [-0.1, -0.05) is 60.2 Å². The van der Waals surface area contributed by atoms with Crippen molar-refractivity contribution in [2.24, 2.45) is 0 Å². The lowest BCUT2D eigenvalue weighted by Gasteiger charge is -2.03. The van der Waals surface area contributed by atoms with Gasteiger partial charge in [-0.2, -0.15) is 4.80 Å². The minimum atomic E-state index is -3.55. The Hall–Kier alpha value is -3.65. The number of aromatic nitrogens is 4. The Bertz CT molecular complexity index is 1380. The molecule has 162 valence electrons. The van der Waals surface area contributed by atoms with E-state index < -0.39 is 15.7 Å². The number of nitrogens with zero attached hydrogens (tertiary/aromatic N) is 4. The minimum absolute atomic E-state index is 0.190. The Morgan fingerprint density at radius 2 is 1.75 bits per heavy atom. The highest BCUT2D eigenvalue weighted by molar-refractivity contribution is 7.93. The summed E-state index contributed by atoms with van der Waals surface area (Å²) in [6.07, 6.45) is 1.39. The third-order valence-electron chi connectivity index (χ3n) is 4.73. The van der Waals surface area contributed by atoms with Gasteiger partial charge < -0.3 is 0 Å². The van der Waals surface area contributed by atoms with Crippen LogP contribution in [0.25, 0.3) is 17.5 Å². The maximum Gasteiger partial charge on any atom is 0.204 e. The molecule has 3 aromatic carbocycles. The van der Waals surface area contributed by atoms with E-state index in [0.29, 0.717) is 29.1 Å². The van der Waals surface area contributed by atoms with Gasteiger partial charge in [0.05, 0.1) is 12.3 Å². The molecule has 0 amide bonds. The first-order valence-electron chi connectivity index (χ1n) is 9.95. The smallest absolute Gasteiger partial charge is 0.204 e. The first-order chi connectivity index (χ1) is 15.4. The van der Waals surface area contributed by atoms with Gasteiger partial charge in [-0.25, -0.2) is 12.8 Å². The predicted molar refractivity (Wildman–Crippen MR) is 122 cm³/mol. The Morgan fingerprint density at radius 1 is 0.969 bits per heavy atom. The number of sulfone groups is 1. The Balaban J connectivity index is 1.48. The summed E-state index contributed by atoms with van der Waals surface area (Å²) in [5, 5.41) is 13.7. The van der Waals surface area contributed by atoms with E-state index in [1.807, 2.05) is 31.2 Å². The third kappa shape index (κ3) is 5.73. The van der Waals surface area contributed by atoms with Crippen LogP contribution in [-0.2, 0) is 22.1 Å². The molecule has 0 bridgehead atoms. The molecule has 0 saturated heterocycles. The van der Waals surface area contributed by atoms with Crippen molar-refractivity contribution in [2.75, 3.05) is 0 Å². The van der Waals surface area contributed by atoms with E-state index in [-0.39, 0.29) is 5.75 Å². The minimum Gasteiger partial charge on any atom is -0.224 e. The van der Waals surface area contributed by atoms with Gasteiger partial charge in [0, 0.05) is 11.0 Å². The summed E-state index contributed by atoms with van der Waals surface area (Å²) in [7, 11) is -3.55. The number of rotatable bonds is 7. The molecule has 0 N–H and O–H groups in total. The highest BCUT2D eigenvalue weighted by atomic mass is 32.2. The van der Waals surface area contributed by atoms with E-state index in [1.165, 1.54) is 29.1 Å². The lowest BCUT2D eigenvalue weighted by atomic mass is 10.1. The fourth-order valence-corrected chi connectivity index (χ4v) is 4.38. The summed E-state index contributed by atoms with van der Waals surface area (Å²) in [6, 6.07) is 20.9. The van der Waals surface area contributed by atoms with Crippen LogP contribution >= 0.6 is 0 Å². The number of benzene rings is 3. The summed E-state index contributed by atoms with van der Waals surface area (Å²) >= 11 is 0. The van der Waals surface area contributed by atoms with E-state index in [0.717, 1.165) is 16.5 Å². The van der Waals surface area contributed by atoms with Crippen molar-refractivity contribution in [2.45, 2.75) is 19.2 Å². The van der Waals surface area contributed by atoms with Gasteiger partial charge in [0.15, 0.2) is 9.84 Å². The fourth-order valence-electron chi connectivity index (χ4n) is 3.27. The zero-order chi connectivity index (χ0) is 22.6. The number of hydrogen-bond acceptors (Lipinski definition) is 5. The molecule has 0 aliphatic carbocycles. The van der Waals surface area contributed by atoms with Gasteiger partial charge in [-0.15, -0.1) is 10.2 Å². The molecule has 1 aromatic heterocycles. The van der Waals surface area contributed by atoms with Crippen molar-refractivity contribution in [3.8, 4) is 11.4 Å². The summed E-state index contributed by atoms with van der Waals surface area (Å²) in [6.45, 7) is 2.52. The molecule has 0 atom stereocenters. The second-order valence-corrected chi connectivity index (χ2v) is 9.38. The lowest BCUT2D eigenvalue weighted by Crippen LogP contribution is -2.04. The number of aryl methyl sites for hydroxylation is 1. The third-order valence-corrected chi connectivity index (χ3v) is 6.02. The molecule has 4 aromatic rings. The van der Waals surface area contributed by atoms with E-state index >= 15 is 0 Å². The molecular weight excluding hydrogens is 427 g/mol. The molecule has 0 fully saturated rings. The molecule has 32 heavy (non-hydrogen) atoms. The maximum absolute atomic E-state index is 13.3. The quantitative estimate of drug-likeness (QED) is 0.418. The molecule has 4 rings (SSSR count). The van der Waals surface area contributed by atoms with Crippen LogP contribution in [0.5, 0.6) is 0 Å². The van der Waals surface area contributed by atoms with Crippen LogP contribution in [0.4, 0.5) is 4.39 Å². The lowest BCUT2D eigenvalue weighted by molar-refractivity contribution is 0.572. The van der Waals surface area contributed by atoms with Crippen molar-refractivity contribution < 1.29 is 12.8 Å². The second-order valence-electron chi connectivity index (χ2n) is 7.50. The van der Waals surface area contributed by atoms with Crippen molar-refractivity contribution in [3.63, 3.8) is 0 Å². The number of hydrogen-bond donors (Lipinski definition) is 0. The van der Waals surface area contributed by atoms with Crippen LogP contribution in [0.2, 0.25) is 0 Å². The maximum atomic E-state index is 13.3. The fraction of sp³-hybridized carbons (Fsp3) is 0.125. The standard InChI is InChI=1S/C24H21FN4O2S/c1-18-5-2-7-20(13-18)16-29-27-24(26-28-29)22-9-3-8-21(14-22)17-32(30,31)12-11-19-6-4-10-23(25)15-19/h2-15H,16-17H2,1H3/b12-11+. The van der Waals surface area contributed by atoms with Crippen LogP contribution in [0.1, 0.15) is 22.3 Å². The summed E-state index contributed by atoms with van der Waals surface area (Å²) in [4.78, 5) is 1.51. The molecule has 0 aliphatic rings. The van der Waals surface area contributed by atoms with Crippen LogP contribution in [-0.4, -0.2) is 28.6 Å². The normalized spacial score (nSPS) is 11.8. The van der Waals surface area contributed by atoms with E-state index in [9.17, 15) is 12.8 Å². The van der Waals surface area contributed by atoms with Crippen molar-refractivity contribution in [1.82, 2.24) is 20.2 Å². The monoisotopic (exact) mass is 448 g/mol. The molecule has 0 saturated carbocycles. The molecule has 6 nitrogen and oxygen atoms in total. The summed E-state index contributed by atoms with van der Waals surface area (Å²) in [5.74, 6) is -0.184. The van der Waals surface area contributed by atoms with E-state index in [1.54, 1.807) is 24.3 Å². The first kappa shape index (κ1) is 21.6. The Labute approximate surface area is 186 Å². The van der Waals surface area contributed by atoms with Crippen molar-refractivity contribution >= 4 is 15.9 Å². The van der Waals surface area contributed by atoms with Gasteiger partial charge in [0.1, 0.15) is 5.82 Å². The topological polar surface area (TPSA) is 77.7 Å². The Kier molecular flexibility index (Phi) is 6.23. The molecule has 0 spiro atoms. The average molecular weight is 449 g/mol. The van der Waals surface area contributed by atoms with Crippen LogP contribution in [0, 0.1) is 12.7 Å². The molecule has 0 aliphatic heterocycles. The number of tetrazole rings is 1. The van der Waals surface area contributed by atoms with Crippen LogP contribution < -0.4 is 0 Å². The number of halogens is 1.